The highest BCUT2D eigenvalue weighted by Gasteiger charge is 2.20. The fourth-order valence-electron chi connectivity index (χ4n) is 9.37. The maximum atomic E-state index is 2.40. The molecule has 0 aliphatic heterocycles. The number of hydrogen-bond donors (Lipinski definition) is 0. The molecule has 0 nitrogen and oxygen atoms in total. The largest absolute Gasteiger partial charge is 0.0622 e. The molecule has 0 unspecified atom stereocenters. The van der Waals surface area contributed by atoms with Crippen molar-refractivity contribution in [2.45, 2.75) is 26.2 Å². The Kier molecular flexibility index (Phi) is 7.22. The Morgan fingerprint density at radius 1 is 0.286 bits per heavy atom. The van der Waals surface area contributed by atoms with E-state index >= 15 is 0 Å². The summed E-state index contributed by atoms with van der Waals surface area (Å²) in [6.07, 6.45) is 0. The zero-order valence-electron chi connectivity index (χ0n) is 31.9. The van der Waals surface area contributed by atoms with Crippen LogP contribution in [0, 0.1) is 0 Å². The van der Waals surface area contributed by atoms with Gasteiger partial charge in [-0.1, -0.05) is 203 Å². The van der Waals surface area contributed by atoms with Crippen LogP contribution in [0.5, 0.6) is 0 Å². The Labute approximate surface area is 327 Å². The lowest BCUT2D eigenvalue weighted by Gasteiger charge is -2.22. The Morgan fingerprint density at radius 3 is 1.50 bits per heavy atom. The summed E-state index contributed by atoms with van der Waals surface area (Å²) in [4.78, 5) is 0. The molecule has 11 aromatic carbocycles. The number of benzene rings is 11. The monoisotopic (exact) mass is 712 g/mol. The van der Waals surface area contributed by atoms with Crippen LogP contribution in [0.2, 0.25) is 0 Å². The minimum absolute atomic E-state index is 0.0831. The minimum Gasteiger partial charge on any atom is -0.0622 e. The quantitative estimate of drug-likeness (QED) is 0.159. The second-order valence-electron chi connectivity index (χ2n) is 16.5. The second kappa shape index (κ2) is 12.4. The van der Waals surface area contributed by atoms with Gasteiger partial charge in [0.1, 0.15) is 0 Å². The standard InChI is InChI=1S/C56H40/c1-56(2,3)42-33-40-21-20-37-22-27-50(52-29-25-41(34-42)53(40)55(37)52)51-28-24-39-32-38(23-26-45(39)54(51)36-14-8-5-9-15-36)44-17-11-19-47-46-18-10-16-43(35-12-6-4-7-13-35)48(46)30-31-49(44)47/h4-34H,1-3H3. The van der Waals surface area contributed by atoms with Gasteiger partial charge in [0, 0.05) is 0 Å². The summed E-state index contributed by atoms with van der Waals surface area (Å²) >= 11 is 0. The van der Waals surface area contributed by atoms with Gasteiger partial charge in [0.25, 0.3) is 0 Å². The van der Waals surface area contributed by atoms with Gasteiger partial charge in [-0.25, -0.2) is 0 Å². The highest BCUT2D eigenvalue weighted by atomic mass is 14.2. The molecule has 264 valence electrons. The molecule has 0 heterocycles. The molecule has 11 rings (SSSR count). The lowest BCUT2D eigenvalue weighted by Crippen LogP contribution is -2.10. The summed E-state index contributed by atoms with van der Waals surface area (Å²) in [7, 11) is 0. The van der Waals surface area contributed by atoms with Crippen LogP contribution in [0.25, 0.3) is 109 Å². The van der Waals surface area contributed by atoms with Crippen LogP contribution in [0.15, 0.2) is 188 Å². The van der Waals surface area contributed by atoms with E-state index in [2.05, 4.69) is 209 Å². The Hall–Kier alpha value is -6.76. The van der Waals surface area contributed by atoms with Crippen molar-refractivity contribution in [2.75, 3.05) is 0 Å². The third-order valence-corrected chi connectivity index (χ3v) is 12.2. The minimum atomic E-state index is 0.0831. The van der Waals surface area contributed by atoms with Crippen molar-refractivity contribution in [3.05, 3.63) is 194 Å². The molecule has 0 aromatic heterocycles. The molecule has 0 radical (unpaired) electrons. The maximum Gasteiger partial charge on any atom is -0.00206 e. The van der Waals surface area contributed by atoms with Crippen molar-refractivity contribution in [3.63, 3.8) is 0 Å². The summed E-state index contributed by atoms with van der Waals surface area (Å²) < 4.78 is 0. The summed E-state index contributed by atoms with van der Waals surface area (Å²) in [5.41, 5.74) is 11.5. The summed E-state index contributed by atoms with van der Waals surface area (Å²) in [5.74, 6) is 0. The van der Waals surface area contributed by atoms with E-state index in [4.69, 9.17) is 0 Å². The molecule has 56 heavy (non-hydrogen) atoms. The van der Waals surface area contributed by atoms with Gasteiger partial charge >= 0.3 is 0 Å². The molecular weight excluding hydrogens is 673 g/mol. The third-order valence-electron chi connectivity index (χ3n) is 12.2. The van der Waals surface area contributed by atoms with Crippen LogP contribution >= 0.6 is 0 Å². The second-order valence-corrected chi connectivity index (χ2v) is 16.5. The zero-order valence-corrected chi connectivity index (χ0v) is 31.9. The predicted molar refractivity (Wildman–Crippen MR) is 243 cm³/mol. The van der Waals surface area contributed by atoms with E-state index in [9.17, 15) is 0 Å². The molecule has 0 amide bonds. The Balaban J connectivity index is 1.10. The van der Waals surface area contributed by atoms with E-state index in [-0.39, 0.29) is 5.41 Å². The van der Waals surface area contributed by atoms with E-state index in [1.165, 1.54) is 115 Å². The maximum absolute atomic E-state index is 2.40. The first-order valence-corrected chi connectivity index (χ1v) is 19.8. The van der Waals surface area contributed by atoms with Gasteiger partial charge in [-0.05, 0) is 126 Å². The van der Waals surface area contributed by atoms with Crippen molar-refractivity contribution in [1.29, 1.82) is 0 Å². The molecule has 0 bridgehead atoms. The lowest BCUT2D eigenvalue weighted by atomic mass is 9.82. The van der Waals surface area contributed by atoms with Crippen molar-refractivity contribution in [3.8, 4) is 44.5 Å². The summed E-state index contributed by atoms with van der Waals surface area (Å²) in [6.45, 7) is 6.91. The average molecular weight is 713 g/mol. The molecule has 0 saturated heterocycles. The molecule has 0 atom stereocenters. The fraction of sp³-hybridized carbons (Fsp3) is 0.0714. The van der Waals surface area contributed by atoms with E-state index < -0.39 is 0 Å². The molecule has 0 N–H and O–H groups in total. The normalized spacial score (nSPS) is 12.2. The van der Waals surface area contributed by atoms with Gasteiger partial charge in [-0.3, -0.25) is 0 Å². The fourth-order valence-corrected chi connectivity index (χ4v) is 9.37. The van der Waals surface area contributed by atoms with Crippen molar-refractivity contribution in [2.24, 2.45) is 0 Å². The highest BCUT2D eigenvalue weighted by molar-refractivity contribution is 6.26. The SMILES string of the molecule is CC(C)(C)c1cc2ccc3ccc(-c4ccc5cc(-c6cccc7c6ccc6c(-c8ccccc8)cccc67)ccc5c4-c4ccccc4)c4ccc(c1)c2c34. The van der Waals surface area contributed by atoms with Crippen molar-refractivity contribution < 1.29 is 0 Å². The van der Waals surface area contributed by atoms with Crippen LogP contribution in [-0.2, 0) is 5.41 Å². The van der Waals surface area contributed by atoms with Crippen molar-refractivity contribution >= 4 is 64.6 Å². The van der Waals surface area contributed by atoms with Gasteiger partial charge in [0.2, 0.25) is 0 Å². The highest BCUT2D eigenvalue weighted by Crippen LogP contribution is 2.46. The van der Waals surface area contributed by atoms with Crippen LogP contribution in [0.3, 0.4) is 0 Å². The van der Waals surface area contributed by atoms with Gasteiger partial charge in [0.05, 0.1) is 0 Å². The van der Waals surface area contributed by atoms with Gasteiger partial charge < -0.3 is 0 Å². The number of fused-ring (bicyclic) bond motifs is 4. The molecule has 0 saturated carbocycles. The first-order chi connectivity index (χ1) is 27.4. The molecule has 0 aliphatic rings. The van der Waals surface area contributed by atoms with E-state index in [1.807, 2.05) is 0 Å². The summed E-state index contributed by atoms with van der Waals surface area (Å²) in [6, 6.07) is 70.3. The van der Waals surface area contributed by atoms with Crippen LogP contribution in [0.1, 0.15) is 26.3 Å². The first-order valence-electron chi connectivity index (χ1n) is 19.8. The zero-order chi connectivity index (χ0) is 37.5. The summed E-state index contributed by atoms with van der Waals surface area (Å²) in [5, 5.41) is 15.5. The molecule has 0 aliphatic carbocycles. The van der Waals surface area contributed by atoms with Gasteiger partial charge in [-0.2, -0.15) is 0 Å². The van der Waals surface area contributed by atoms with Gasteiger partial charge in [-0.15, -0.1) is 0 Å². The molecular formula is C56H40. The van der Waals surface area contributed by atoms with Crippen LogP contribution in [0.4, 0.5) is 0 Å². The molecule has 11 aromatic rings. The van der Waals surface area contributed by atoms with Crippen molar-refractivity contribution in [1.82, 2.24) is 0 Å². The first kappa shape index (κ1) is 32.7. The molecule has 0 fully saturated rings. The van der Waals surface area contributed by atoms with E-state index in [0.717, 1.165) is 0 Å². The number of rotatable bonds is 4. The predicted octanol–water partition coefficient (Wildman–Crippen LogP) is 16.0. The Bertz CT molecular complexity index is 3290. The van der Waals surface area contributed by atoms with Crippen LogP contribution < -0.4 is 0 Å². The number of hydrogen-bond acceptors (Lipinski definition) is 0. The lowest BCUT2D eigenvalue weighted by molar-refractivity contribution is 0.591. The smallest absolute Gasteiger partial charge is 0.00206 e. The average Bonchev–Trinajstić information content (AvgIpc) is 3.24. The topological polar surface area (TPSA) is 0 Å². The van der Waals surface area contributed by atoms with Crippen LogP contribution in [-0.4, -0.2) is 0 Å². The van der Waals surface area contributed by atoms with E-state index in [0.29, 0.717) is 0 Å². The van der Waals surface area contributed by atoms with Gasteiger partial charge in [0.15, 0.2) is 0 Å². The molecule has 0 spiro atoms. The van der Waals surface area contributed by atoms with E-state index in [1.54, 1.807) is 0 Å². The molecule has 0 heteroatoms. The third kappa shape index (κ3) is 5.06. The Morgan fingerprint density at radius 2 is 0.821 bits per heavy atom.